The summed E-state index contributed by atoms with van der Waals surface area (Å²) in [6, 6.07) is 6.50. The molecule has 2 unspecified atom stereocenters. The maximum absolute atomic E-state index is 15.6. The number of likely N-dealkylation sites (N-methyl/N-ethyl adjacent to an activating group) is 2. The summed E-state index contributed by atoms with van der Waals surface area (Å²) in [4.78, 5) is 24.8. The zero-order valence-corrected chi connectivity index (χ0v) is 23.4. The number of aliphatic hydroxyl groups is 1. The van der Waals surface area contributed by atoms with E-state index in [0.29, 0.717) is 33.8 Å². The van der Waals surface area contributed by atoms with E-state index in [2.05, 4.69) is 15.3 Å². The number of methoxy groups -OCH3 is 1. The van der Waals surface area contributed by atoms with Gasteiger partial charge in [-0.3, -0.25) is 4.79 Å². The lowest BCUT2D eigenvalue weighted by Gasteiger charge is -2.35. The molecule has 2 N–H and O–H groups in total. The van der Waals surface area contributed by atoms with Gasteiger partial charge in [0.2, 0.25) is 0 Å². The Morgan fingerprint density at radius 3 is 2.54 bits per heavy atom. The van der Waals surface area contributed by atoms with Gasteiger partial charge in [-0.1, -0.05) is 12.1 Å². The summed E-state index contributed by atoms with van der Waals surface area (Å²) in [5.41, 5.74) is -2.75. The SMILES string of the molecule is COC1(C)C(=O)N(C)c2cc3c(N[C@H](C)c4cccc(C(F)(F)C(C)(O)CN(C)C)c4F)nc(C)nc3cc21. The summed E-state index contributed by atoms with van der Waals surface area (Å²) < 4.78 is 52.0. The molecule has 0 spiro atoms. The van der Waals surface area contributed by atoms with Crippen LogP contribution in [-0.4, -0.2) is 66.3 Å². The molecule has 0 radical (unpaired) electrons. The van der Waals surface area contributed by atoms with E-state index in [1.807, 2.05) is 0 Å². The van der Waals surface area contributed by atoms with Gasteiger partial charge >= 0.3 is 5.92 Å². The van der Waals surface area contributed by atoms with Crippen molar-refractivity contribution in [3.05, 3.63) is 58.7 Å². The molecule has 0 saturated heterocycles. The smallest absolute Gasteiger partial charge is 0.305 e. The molecule has 1 aliphatic rings. The van der Waals surface area contributed by atoms with E-state index >= 15 is 13.2 Å². The minimum atomic E-state index is -3.86. The van der Waals surface area contributed by atoms with E-state index in [0.717, 1.165) is 13.0 Å². The highest BCUT2D eigenvalue weighted by molar-refractivity contribution is 6.09. The van der Waals surface area contributed by atoms with Gasteiger partial charge in [-0.15, -0.1) is 0 Å². The van der Waals surface area contributed by atoms with Gasteiger partial charge in [0.05, 0.1) is 22.8 Å². The first-order valence-corrected chi connectivity index (χ1v) is 12.5. The van der Waals surface area contributed by atoms with Crippen LogP contribution in [0.15, 0.2) is 30.3 Å². The van der Waals surface area contributed by atoms with Gasteiger partial charge in [0, 0.05) is 37.2 Å². The van der Waals surface area contributed by atoms with Crippen molar-refractivity contribution in [2.24, 2.45) is 0 Å². The fourth-order valence-electron chi connectivity index (χ4n) is 5.21. The Kier molecular flexibility index (Phi) is 7.16. The molecule has 39 heavy (non-hydrogen) atoms. The zero-order chi connectivity index (χ0) is 29.1. The van der Waals surface area contributed by atoms with Gasteiger partial charge < -0.3 is 25.0 Å². The number of anilines is 2. The maximum Gasteiger partial charge on any atom is 0.305 e. The largest absolute Gasteiger partial charge is 0.382 e. The van der Waals surface area contributed by atoms with Crippen molar-refractivity contribution >= 4 is 28.3 Å². The van der Waals surface area contributed by atoms with Gasteiger partial charge in [0.25, 0.3) is 5.91 Å². The molecule has 8 nitrogen and oxygen atoms in total. The monoisotopic (exact) mass is 545 g/mol. The number of aryl methyl sites for hydroxylation is 1. The zero-order valence-electron chi connectivity index (χ0n) is 23.4. The molecular weight excluding hydrogens is 511 g/mol. The Balaban J connectivity index is 1.76. The second kappa shape index (κ2) is 9.72. The Hall–Kier alpha value is -3.28. The van der Waals surface area contributed by atoms with Gasteiger partial charge in [-0.25, -0.2) is 14.4 Å². The van der Waals surface area contributed by atoms with E-state index in [9.17, 15) is 9.90 Å². The number of nitrogens with one attached hydrogen (secondary N) is 1. The van der Waals surface area contributed by atoms with Crippen molar-refractivity contribution in [3.8, 4) is 0 Å². The molecule has 0 saturated carbocycles. The fraction of sp³-hybridized carbons (Fsp3) is 0.464. The average Bonchev–Trinajstić information content (AvgIpc) is 3.03. The number of hydrogen-bond acceptors (Lipinski definition) is 7. The number of carbonyl (C=O) groups excluding carboxylic acids is 1. The summed E-state index contributed by atoms with van der Waals surface area (Å²) in [7, 11) is 6.22. The number of nitrogens with zero attached hydrogens (tertiary/aromatic N) is 4. The van der Waals surface area contributed by atoms with Crippen molar-refractivity contribution in [2.45, 2.75) is 50.9 Å². The van der Waals surface area contributed by atoms with Crippen molar-refractivity contribution in [2.75, 3.05) is 45.0 Å². The summed E-state index contributed by atoms with van der Waals surface area (Å²) >= 11 is 0. The van der Waals surface area contributed by atoms with Crippen LogP contribution < -0.4 is 10.2 Å². The molecule has 3 aromatic rings. The topological polar surface area (TPSA) is 90.8 Å². The number of rotatable bonds is 8. The highest BCUT2D eigenvalue weighted by Gasteiger charge is 2.52. The van der Waals surface area contributed by atoms with E-state index in [4.69, 9.17) is 4.74 Å². The van der Waals surface area contributed by atoms with Gasteiger partial charge in [-0.2, -0.15) is 8.78 Å². The van der Waals surface area contributed by atoms with E-state index in [1.165, 1.54) is 29.0 Å². The Bertz CT molecular complexity index is 1450. The van der Waals surface area contributed by atoms with E-state index in [-0.39, 0.29) is 18.0 Å². The quantitative estimate of drug-likeness (QED) is 0.431. The molecule has 11 heteroatoms. The molecule has 0 fully saturated rings. The lowest BCUT2D eigenvalue weighted by atomic mass is 9.89. The Labute approximate surface area is 225 Å². The van der Waals surface area contributed by atoms with Crippen LogP contribution >= 0.6 is 0 Å². The summed E-state index contributed by atoms with van der Waals surface area (Å²) in [6.45, 7) is 5.65. The lowest BCUT2D eigenvalue weighted by molar-refractivity contribution is -0.186. The second-order valence-electron chi connectivity index (χ2n) is 10.8. The standard InChI is InChI=1S/C28H34F3N5O3/c1-15(17-10-9-11-19(23(17)29)28(30,31)26(3,38)14-35(5)6)32-24-18-12-22-20(13-21(18)33-16(2)34-24)27(4,39-8)25(37)36(22)7/h9-13,15,38H,14H2,1-8H3,(H,32,33,34)/t15-,26?,27?/m1/s1. The number of aromatic nitrogens is 2. The van der Waals surface area contributed by atoms with Gasteiger partial charge in [-0.05, 0) is 60.0 Å². The van der Waals surface area contributed by atoms with Gasteiger partial charge in [0.15, 0.2) is 5.60 Å². The summed E-state index contributed by atoms with van der Waals surface area (Å²) in [5.74, 6) is -4.42. The first-order valence-electron chi connectivity index (χ1n) is 12.5. The third-order valence-electron chi connectivity index (χ3n) is 7.41. The van der Waals surface area contributed by atoms with Crippen LogP contribution in [0.25, 0.3) is 10.9 Å². The van der Waals surface area contributed by atoms with Crippen molar-refractivity contribution in [3.63, 3.8) is 0 Å². The minimum absolute atomic E-state index is 0.0161. The molecule has 0 bridgehead atoms. The third kappa shape index (κ3) is 4.62. The molecular formula is C28H34F3N5O3. The van der Waals surface area contributed by atoms with Crippen LogP contribution in [0.3, 0.4) is 0 Å². The van der Waals surface area contributed by atoms with Crippen LogP contribution in [0.5, 0.6) is 0 Å². The molecule has 1 amide bonds. The molecule has 2 aromatic carbocycles. The number of hydrogen-bond donors (Lipinski definition) is 2. The second-order valence-corrected chi connectivity index (χ2v) is 10.8. The van der Waals surface area contributed by atoms with E-state index in [1.54, 1.807) is 54.0 Å². The normalized spacial score (nSPS) is 19.9. The third-order valence-corrected chi connectivity index (χ3v) is 7.41. The highest BCUT2D eigenvalue weighted by atomic mass is 19.3. The highest BCUT2D eigenvalue weighted by Crippen LogP contribution is 2.45. The molecule has 3 atom stereocenters. The molecule has 2 heterocycles. The first-order chi connectivity index (χ1) is 18.0. The molecule has 210 valence electrons. The van der Waals surface area contributed by atoms with Crippen molar-refractivity contribution in [1.82, 2.24) is 14.9 Å². The van der Waals surface area contributed by atoms with Crippen LogP contribution in [-0.2, 0) is 21.1 Å². The predicted octanol–water partition coefficient (Wildman–Crippen LogP) is 4.49. The number of benzene rings is 2. The maximum atomic E-state index is 15.6. The first kappa shape index (κ1) is 28.7. The van der Waals surface area contributed by atoms with Crippen LogP contribution in [0.2, 0.25) is 0 Å². The number of fused-ring (bicyclic) bond motifs is 2. The molecule has 1 aliphatic heterocycles. The molecule has 4 rings (SSSR count). The number of halogens is 3. The van der Waals surface area contributed by atoms with Crippen LogP contribution in [0, 0.1) is 12.7 Å². The average molecular weight is 546 g/mol. The molecule has 1 aromatic heterocycles. The van der Waals surface area contributed by atoms with Crippen molar-refractivity contribution < 1.29 is 27.8 Å². The number of ether oxygens (including phenoxy) is 1. The van der Waals surface area contributed by atoms with E-state index < -0.39 is 34.5 Å². The Morgan fingerprint density at radius 2 is 1.92 bits per heavy atom. The lowest BCUT2D eigenvalue weighted by Crippen LogP contribution is -2.50. The number of carbonyl (C=O) groups is 1. The number of amides is 1. The molecule has 0 aliphatic carbocycles. The predicted molar refractivity (Wildman–Crippen MR) is 144 cm³/mol. The number of alkyl halides is 2. The van der Waals surface area contributed by atoms with Gasteiger partial charge in [0.1, 0.15) is 23.1 Å². The fourth-order valence-corrected chi connectivity index (χ4v) is 5.21. The minimum Gasteiger partial charge on any atom is -0.382 e. The van der Waals surface area contributed by atoms with Crippen molar-refractivity contribution in [1.29, 1.82) is 0 Å². The summed E-state index contributed by atoms with van der Waals surface area (Å²) in [6.07, 6.45) is 0. The Morgan fingerprint density at radius 1 is 1.26 bits per heavy atom. The van der Waals surface area contributed by atoms with Crippen LogP contribution in [0.4, 0.5) is 24.7 Å². The summed E-state index contributed by atoms with van der Waals surface area (Å²) in [5, 5.41) is 14.3. The van der Waals surface area contributed by atoms with Crippen LogP contribution in [0.1, 0.15) is 49.3 Å².